The SMILES string of the molecule is Cc1ccn(-c2ccc(F)cc2F)c(=O)c1C#N. The van der Waals surface area contributed by atoms with E-state index in [1.165, 1.54) is 12.3 Å². The van der Waals surface area contributed by atoms with Gasteiger partial charge in [0, 0.05) is 12.3 Å². The van der Waals surface area contributed by atoms with E-state index in [2.05, 4.69) is 0 Å². The third-order valence-electron chi connectivity index (χ3n) is 2.58. The average molecular weight is 246 g/mol. The summed E-state index contributed by atoms with van der Waals surface area (Å²) < 4.78 is 27.3. The van der Waals surface area contributed by atoms with Crippen molar-refractivity contribution in [2.24, 2.45) is 0 Å². The molecule has 2 aromatic rings. The fraction of sp³-hybridized carbons (Fsp3) is 0.0769. The number of nitriles is 1. The molecule has 1 aromatic heterocycles. The molecule has 0 N–H and O–H groups in total. The lowest BCUT2D eigenvalue weighted by Crippen LogP contribution is -2.22. The summed E-state index contributed by atoms with van der Waals surface area (Å²) in [6.45, 7) is 1.62. The molecule has 2 rings (SSSR count). The van der Waals surface area contributed by atoms with Crippen molar-refractivity contribution in [1.82, 2.24) is 4.57 Å². The van der Waals surface area contributed by atoms with E-state index < -0.39 is 17.2 Å². The van der Waals surface area contributed by atoms with E-state index in [1.54, 1.807) is 13.0 Å². The standard InChI is InChI=1S/C13H8F2N2O/c1-8-4-5-17(13(18)10(8)7-16)12-3-2-9(14)6-11(12)15/h2-6H,1H3. The lowest BCUT2D eigenvalue weighted by Gasteiger charge is -2.08. The van der Waals surface area contributed by atoms with E-state index in [9.17, 15) is 13.6 Å². The van der Waals surface area contributed by atoms with Gasteiger partial charge in [-0.15, -0.1) is 0 Å². The van der Waals surface area contributed by atoms with E-state index in [0.717, 1.165) is 16.7 Å². The highest BCUT2D eigenvalue weighted by atomic mass is 19.1. The molecule has 0 saturated heterocycles. The number of benzene rings is 1. The van der Waals surface area contributed by atoms with Crippen LogP contribution < -0.4 is 5.56 Å². The van der Waals surface area contributed by atoms with Crippen molar-refractivity contribution < 1.29 is 8.78 Å². The van der Waals surface area contributed by atoms with Gasteiger partial charge < -0.3 is 0 Å². The Morgan fingerprint density at radius 2 is 2.00 bits per heavy atom. The number of rotatable bonds is 1. The number of nitrogens with zero attached hydrogens (tertiary/aromatic N) is 2. The molecular weight excluding hydrogens is 238 g/mol. The molecule has 0 fully saturated rings. The molecule has 3 nitrogen and oxygen atoms in total. The van der Waals surface area contributed by atoms with Crippen molar-refractivity contribution >= 4 is 0 Å². The Labute approximate surface area is 102 Å². The van der Waals surface area contributed by atoms with Crippen molar-refractivity contribution in [3.8, 4) is 11.8 Å². The van der Waals surface area contributed by atoms with Crippen LogP contribution in [-0.4, -0.2) is 4.57 Å². The molecule has 0 unspecified atom stereocenters. The lowest BCUT2D eigenvalue weighted by atomic mass is 10.1. The molecule has 0 saturated carbocycles. The van der Waals surface area contributed by atoms with Crippen LogP contribution in [0.2, 0.25) is 0 Å². The van der Waals surface area contributed by atoms with Crippen molar-refractivity contribution in [2.75, 3.05) is 0 Å². The maximum atomic E-state index is 13.6. The number of pyridine rings is 1. The van der Waals surface area contributed by atoms with Gasteiger partial charge in [0.2, 0.25) is 0 Å². The van der Waals surface area contributed by atoms with Gasteiger partial charge >= 0.3 is 0 Å². The van der Waals surface area contributed by atoms with Gasteiger partial charge in [0.25, 0.3) is 5.56 Å². The first kappa shape index (κ1) is 12.0. The Morgan fingerprint density at radius 3 is 2.61 bits per heavy atom. The molecule has 1 aromatic carbocycles. The molecule has 0 aliphatic carbocycles. The zero-order valence-corrected chi connectivity index (χ0v) is 9.45. The molecule has 90 valence electrons. The van der Waals surface area contributed by atoms with Crippen molar-refractivity contribution in [2.45, 2.75) is 6.92 Å². The summed E-state index contributed by atoms with van der Waals surface area (Å²) in [6, 6.07) is 6.20. The quantitative estimate of drug-likeness (QED) is 0.775. The largest absolute Gasteiger partial charge is 0.280 e. The Bertz CT molecular complexity index is 714. The summed E-state index contributed by atoms with van der Waals surface area (Å²) in [4.78, 5) is 11.9. The number of aryl methyl sites for hydroxylation is 1. The summed E-state index contributed by atoms with van der Waals surface area (Å²) in [5.41, 5.74) is -0.247. The predicted octanol–water partition coefficient (Wildman–Crippen LogP) is 2.30. The van der Waals surface area contributed by atoms with Gasteiger partial charge in [-0.25, -0.2) is 8.78 Å². The third-order valence-corrected chi connectivity index (χ3v) is 2.58. The van der Waals surface area contributed by atoms with E-state index in [1.807, 2.05) is 0 Å². The predicted molar refractivity (Wildman–Crippen MR) is 61.4 cm³/mol. The maximum Gasteiger partial charge on any atom is 0.273 e. The first-order valence-electron chi connectivity index (χ1n) is 5.12. The molecule has 0 amide bonds. The lowest BCUT2D eigenvalue weighted by molar-refractivity contribution is 0.576. The van der Waals surface area contributed by atoms with Crippen LogP contribution in [0.25, 0.3) is 5.69 Å². The van der Waals surface area contributed by atoms with Crippen LogP contribution in [0.5, 0.6) is 0 Å². The van der Waals surface area contributed by atoms with Gasteiger partial charge in [-0.3, -0.25) is 9.36 Å². The molecule has 1 heterocycles. The molecule has 18 heavy (non-hydrogen) atoms. The Hall–Kier alpha value is -2.48. The van der Waals surface area contributed by atoms with Gasteiger partial charge in [-0.2, -0.15) is 5.26 Å². The summed E-state index contributed by atoms with van der Waals surface area (Å²) in [5.74, 6) is -1.58. The second-order valence-electron chi connectivity index (χ2n) is 3.76. The fourth-order valence-electron chi connectivity index (χ4n) is 1.63. The average Bonchev–Trinajstić information content (AvgIpc) is 2.31. The van der Waals surface area contributed by atoms with Gasteiger partial charge in [-0.1, -0.05) is 0 Å². The number of halogens is 2. The van der Waals surface area contributed by atoms with Crippen LogP contribution in [0, 0.1) is 29.9 Å². The second-order valence-corrected chi connectivity index (χ2v) is 3.76. The number of hydrogen-bond acceptors (Lipinski definition) is 2. The Balaban J connectivity index is 2.74. The molecule has 0 aliphatic rings. The summed E-state index contributed by atoms with van der Waals surface area (Å²) in [6.07, 6.45) is 1.36. The zero-order chi connectivity index (χ0) is 13.3. The van der Waals surface area contributed by atoms with Gasteiger partial charge in [0.1, 0.15) is 23.3 Å². The van der Waals surface area contributed by atoms with Crippen LogP contribution in [0.1, 0.15) is 11.1 Å². The van der Waals surface area contributed by atoms with Gasteiger partial charge in [0.15, 0.2) is 0 Å². The van der Waals surface area contributed by atoms with Crippen LogP contribution in [0.4, 0.5) is 8.78 Å². The molecular formula is C13H8F2N2O. The minimum Gasteiger partial charge on any atom is -0.280 e. The molecule has 0 atom stereocenters. The monoisotopic (exact) mass is 246 g/mol. The van der Waals surface area contributed by atoms with Crippen LogP contribution in [0.3, 0.4) is 0 Å². The van der Waals surface area contributed by atoms with Crippen molar-refractivity contribution in [1.29, 1.82) is 5.26 Å². The Morgan fingerprint density at radius 1 is 1.28 bits per heavy atom. The molecule has 0 radical (unpaired) electrons. The first-order chi connectivity index (χ1) is 8.54. The maximum absolute atomic E-state index is 13.6. The molecule has 0 spiro atoms. The first-order valence-corrected chi connectivity index (χ1v) is 5.12. The molecule has 0 bridgehead atoms. The van der Waals surface area contributed by atoms with Crippen LogP contribution in [-0.2, 0) is 0 Å². The van der Waals surface area contributed by atoms with Crippen molar-refractivity contribution in [3.05, 3.63) is 63.6 Å². The smallest absolute Gasteiger partial charge is 0.273 e. The molecule has 0 aliphatic heterocycles. The summed E-state index contributed by atoms with van der Waals surface area (Å²) in [7, 11) is 0. The summed E-state index contributed by atoms with van der Waals surface area (Å²) >= 11 is 0. The highest BCUT2D eigenvalue weighted by Crippen LogP contribution is 2.13. The molecule has 5 heteroatoms. The fourth-order valence-corrected chi connectivity index (χ4v) is 1.63. The Kier molecular flexibility index (Phi) is 2.94. The van der Waals surface area contributed by atoms with Gasteiger partial charge in [-0.05, 0) is 30.7 Å². The van der Waals surface area contributed by atoms with Gasteiger partial charge in [0.05, 0.1) is 5.69 Å². The highest BCUT2D eigenvalue weighted by Gasteiger charge is 2.11. The second kappa shape index (κ2) is 4.41. The minimum absolute atomic E-state index is 0.0544. The zero-order valence-electron chi connectivity index (χ0n) is 9.45. The number of aromatic nitrogens is 1. The topological polar surface area (TPSA) is 45.8 Å². The van der Waals surface area contributed by atoms with E-state index >= 15 is 0 Å². The number of hydrogen-bond donors (Lipinski definition) is 0. The van der Waals surface area contributed by atoms with E-state index in [4.69, 9.17) is 5.26 Å². The van der Waals surface area contributed by atoms with Crippen LogP contribution in [0.15, 0.2) is 35.3 Å². The van der Waals surface area contributed by atoms with E-state index in [0.29, 0.717) is 11.6 Å². The normalized spacial score (nSPS) is 10.1. The van der Waals surface area contributed by atoms with Crippen LogP contribution >= 0.6 is 0 Å². The van der Waals surface area contributed by atoms with Crippen molar-refractivity contribution in [3.63, 3.8) is 0 Å². The minimum atomic E-state index is -0.857. The van der Waals surface area contributed by atoms with E-state index in [-0.39, 0.29) is 11.3 Å². The highest BCUT2D eigenvalue weighted by molar-refractivity contribution is 5.40. The third kappa shape index (κ3) is 1.89. The summed E-state index contributed by atoms with van der Waals surface area (Å²) in [5, 5.41) is 8.87.